The molecule has 0 aliphatic heterocycles. The van der Waals surface area contributed by atoms with E-state index >= 15 is 0 Å². The standard InChI is InChI=1S/C29H42N8O3/c1-22(2)11-14-32-27-35-28(33-15-12-23-7-4-3-5-8-23)37-29(36-27)34-25-10-6-9-24(21-25)26(38)31-16-18-40-20-19-39-17-13-30/h3-10,21-22H,11-20,30H2,1-2H3,(H,31,38)(H3,32,33,34,35,36,37). The van der Waals surface area contributed by atoms with Crippen molar-refractivity contribution in [2.75, 3.05) is 68.6 Å². The van der Waals surface area contributed by atoms with Crippen molar-refractivity contribution in [1.82, 2.24) is 20.3 Å². The summed E-state index contributed by atoms with van der Waals surface area (Å²) < 4.78 is 10.7. The molecule has 0 unspecified atom stereocenters. The van der Waals surface area contributed by atoms with Crippen molar-refractivity contribution in [3.05, 3.63) is 65.7 Å². The van der Waals surface area contributed by atoms with E-state index in [1.54, 1.807) is 12.1 Å². The third-order valence-electron chi connectivity index (χ3n) is 5.73. The second-order valence-electron chi connectivity index (χ2n) is 9.55. The summed E-state index contributed by atoms with van der Waals surface area (Å²) in [4.78, 5) is 26.3. The molecule has 2 aromatic carbocycles. The van der Waals surface area contributed by atoms with Gasteiger partial charge in [0, 0.05) is 37.4 Å². The largest absolute Gasteiger partial charge is 0.378 e. The van der Waals surface area contributed by atoms with E-state index in [1.165, 1.54) is 5.56 Å². The molecule has 0 atom stereocenters. The smallest absolute Gasteiger partial charge is 0.251 e. The first-order valence-electron chi connectivity index (χ1n) is 13.8. The predicted molar refractivity (Wildman–Crippen MR) is 159 cm³/mol. The molecule has 3 aromatic rings. The van der Waals surface area contributed by atoms with Gasteiger partial charge in [0.25, 0.3) is 5.91 Å². The molecule has 1 heterocycles. The average molecular weight is 551 g/mol. The number of nitrogens with one attached hydrogen (secondary N) is 4. The van der Waals surface area contributed by atoms with E-state index in [-0.39, 0.29) is 5.91 Å². The van der Waals surface area contributed by atoms with Crippen molar-refractivity contribution in [1.29, 1.82) is 0 Å². The minimum absolute atomic E-state index is 0.193. The SMILES string of the molecule is CC(C)CCNc1nc(NCCc2ccccc2)nc(Nc2cccc(C(=O)NCCOCCOCCN)c2)n1. The van der Waals surface area contributed by atoms with Crippen LogP contribution in [0.5, 0.6) is 0 Å². The molecule has 6 N–H and O–H groups in total. The Morgan fingerprint density at radius 2 is 1.52 bits per heavy atom. The predicted octanol–water partition coefficient (Wildman–Crippen LogP) is 3.45. The van der Waals surface area contributed by atoms with Crippen LogP contribution in [0.3, 0.4) is 0 Å². The van der Waals surface area contributed by atoms with Crippen LogP contribution in [0.15, 0.2) is 54.6 Å². The van der Waals surface area contributed by atoms with Gasteiger partial charge in [-0.25, -0.2) is 0 Å². The van der Waals surface area contributed by atoms with Crippen molar-refractivity contribution >= 4 is 29.4 Å². The lowest BCUT2D eigenvalue weighted by Crippen LogP contribution is -2.27. The molecule has 11 nitrogen and oxygen atoms in total. The number of nitrogens with two attached hydrogens (primary N) is 1. The Morgan fingerprint density at radius 1 is 0.825 bits per heavy atom. The number of aromatic nitrogens is 3. The zero-order chi connectivity index (χ0) is 28.4. The molecule has 0 spiro atoms. The molecule has 0 saturated heterocycles. The second-order valence-corrected chi connectivity index (χ2v) is 9.55. The van der Waals surface area contributed by atoms with Gasteiger partial charge in [-0.3, -0.25) is 4.79 Å². The lowest BCUT2D eigenvalue weighted by atomic mass is 10.1. The minimum atomic E-state index is -0.193. The molecular formula is C29H42N8O3. The van der Waals surface area contributed by atoms with Gasteiger partial charge in [0.05, 0.1) is 26.4 Å². The van der Waals surface area contributed by atoms with E-state index in [9.17, 15) is 4.79 Å². The molecule has 0 fully saturated rings. The van der Waals surface area contributed by atoms with Gasteiger partial charge in [0.2, 0.25) is 17.8 Å². The van der Waals surface area contributed by atoms with Crippen molar-refractivity contribution in [2.45, 2.75) is 26.7 Å². The van der Waals surface area contributed by atoms with Crippen LogP contribution in [0.1, 0.15) is 36.2 Å². The molecule has 40 heavy (non-hydrogen) atoms. The molecule has 1 amide bonds. The normalized spacial score (nSPS) is 10.9. The van der Waals surface area contributed by atoms with Gasteiger partial charge in [-0.05, 0) is 42.5 Å². The van der Waals surface area contributed by atoms with E-state index in [2.05, 4.69) is 62.2 Å². The van der Waals surface area contributed by atoms with Gasteiger partial charge in [-0.15, -0.1) is 0 Å². The van der Waals surface area contributed by atoms with Gasteiger partial charge in [0.15, 0.2) is 0 Å². The van der Waals surface area contributed by atoms with Gasteiger partial charge in [-0.2, -0.15) is 15.0 Å². The Morgan fingerprint density at radius 3 is 2.25 bits per heavy atom. The molecule has 216 valence electrons. The van der Waals surface area contributed by atoms with Crippen LogP contribution >= 0.6 is 0 Å². The van der Waals surface area contributed by atoms with Gasteiger partial charge < -0.3 is 36.5 Å². The van der Waals surface area contributed by atoms with Crippen LogP contribution in [0, 0.1) is 5.92 Å². The lowest BCUT2D eigenvalue weighted by Gasteiger charge is -2.13. The van der Waals surface area contributed by atoms with E-state index in [0.717, 1.165) is 19.4 Å². The molecule has 11 heteroatoms. The summed E-state index contributed by atoms with van der Waals surface area (Å²) in [5, 5.41) is 12.7. The highest BCUT2D eigenvalue weighted by Crippen LogP contribution is 2.18. The maximum absolute atomic E-state index is 12.6. The first kappa shape index (κ1) is 30.7. The van der Waals surface area contributed by atoms with E-state index in [1.807, 2.05) is 30.3 Å². The number of carbonyl (C=O) groups excluding carboxylic acids is 1. The Hall–Kier alpha value is -3.80. The summed E-state index contributed by atoms with van der Waals surface area (Å²) in [7, 11) is 0. The van der Waals surface area contributed by atoms with E-state index < -0.39 is 0 Å². The highest BCUT2D eigenvalue weighted by molar-refractivity contribution is 5.95. The topological polar surface area (TPSA) is 148 Å². The highest BCUT2D eigenvalue weighted by Gasteiger charge is 2.10. The average Bonchev–Trinajstić information content (AvgIpc) is 2.95. The summed E-state index contributed by atoms with van der Waals surface area (Å²) in [6, 6.07) is 17.4. The van der Waals surface area contributed by atoms with Crippen LogP contribution in [0.2, 0.25) is 0 Å². The maximum Gasteiger partial charge on any atom is 0.251 e. The molecule has 0 aliphatic carbocycles. The van der Waals surface area contributed by atoms with E-state index in [0.29, 0.717) is 81.1 Å². The number of ether oxygens (including phenoxy) is 2. The number of carbonyl (C=O) groups is 1. The monoisotopic (exact) mass is 550 g/mol. The van der Waals surface area contributed by atoms with E-state index in [4.69, 9.17) is 15.2 Å². The molecule has 1 aromatic heterocycles. The fourth-order valence-electron chi connectivity index (χ4n) is 3.64. The third kappa shape index (κ3) is 11.9. The Kier molecular flexibility index (Phi) is 13.6. The van der Waals surface area contributed by atoms with Gasteiger partial charge >= 0.3 is 0 Å². The Labute approximate surface area is 236 Å². The maximum atomic E-state index is 12.6. The molecule has 3 rings (SSSR count). The number of anilines is 4. The summed E-state index contributed by atoms with van der Waals surface area (Å²) in [6.45, 7) is 8.51. The van der Waals surface area contributed by atoms with Crippen molar-refractivity contribution in [3.8, 4) is 0 Å². The number of hydrogen-bond acceptors (Lipinski definition) is 10. The molecule has 0 saturated carbocycles. The fourth-order valence-corrected chi connectivity index (χ4v) is 3.64. The van der Waals surface area contributed by atoms with Gasteiger partial charge in [0.1, 0.15) is 0 Å². The Balaban J connectivity index is 1.58. The number of rotatable bonds is 19. The summed E-state index contributed by atoms with van der Waals surface area (Å²) in [6.07, 6.45) is 1.84. The van der Waals surface area contributed by atoms with Crippen molar-refractivity contribution < 1.29 is 14.3 Å². The number of hydrogen-bond donors (Lipinski definition) is 5. The van der Waals surface area contributed by atoms with Crippen LogP contribution < -0.4 is 27.0 Å². The molecule has 0 radical (unpaired) electrons. The van der Waals surface area contributed by atoms with Crippen molar-refractivity contribution in [2.24, 2.45) is 11.7 Å². The fraction of sp³-hybridized carbons (Fsp3) is 0.448. The zero-order valence-corrected chi connectivity index (χ0v) is 23.5. The first-order chi connectivity index (χ1) is 19.5. The number of benzene rings is 2. The van der Waals surface area contributed by atoms with Crippen molar-refractivity contribution in [3.63, 3.8) is 0 Å². The molecule has 0 bridgehead atoms. The summed E-state index contributed by atoms with van der Waals surface area (Å²) in [5.74, 6) is 1.71. The molecule has 0 aliphatic rings. The van der Waals surface area contributed by atoms with Crippen LogP contribution in [0.25, 0.3) is 0 Å². The van der Waals surface area contributed by atoms with Crippen LogP contribution in [-0.4, -0.2) is 73.5 Å². The lowest BCUT2D eigenvalue weighted by molar-refractivity contribution is 0.0511. The first-order valence-corrected chi connectivity index (χ1v) is 13.8. The van der Waals surface area contributed by atoms with Crippen LogP contribution in [-0.2, 0) is 15.9 Å². The quantitative estimate of drug-likeness (QED) is 0.141. The minimum Gasteiger partial charge on any atom is -0.378 e. The number of nitrogens with zero attached hydrogens (tertiary/aromatic N) is 3. The summed E-state index contributed by atoms with van der Waals surface area (Å²) >= 11 is 0. The second kappa shape index (κ2) is 17.7. The van der Waals surface area contributed by atoms with Gasteiger partial charge in [-0.1, -0.05) is 50.2 Å². The number of amides is 1. The summed E-state index contributed by atoms with van der Waals surface area (Å²) in [5.41, 5.74) is 7.81. The third-order valence-corrected chi connectivity index (χ3v) is 5.73. The van der Waals surface area contributed by atoms with Crippen LogP contribution in [0.4, 0.5) is 23.5 Å². The Bertz CT molecular complexity index is 1150. The zero-order valence-electron chi connectivity index (χ0n) is 23.5. The highest BCUT2D eigenvalue weighted by atomic mass is 16.5. The molecular weight excluding hydrogens is 508 g/mol.